The number of aromatic nitrogens is 2. The minimum Gasteiger partial charge on any atom is -0.465 e. The van der Waals surface area contributed by atoms with Gasteiger partial charge in [-0.2, -0.15) is 0 Å². The van der Waals surface area contributed by atoms with Crippen molar-refractivity contribution in [2.24, 2.45) is 0 Å². The fourth-order valence-electron chi connectivity index (χ4n) is 4.28. The number of carboxylic acid groups (broad SMARTS) is 1. The fraction of sp³-hybridized carbons (Fsp3) is 0.526. The van der Waals surface area contributed by atoms with Crippen LogP contribution in [0.5, 0.6) is 0 Å². The summed E-state index contributed by atoms with van der Waals surface area (Å²) in [5.41, 5.74) is 3.03. The van der Waals surface area contributed by atoms with Crippen LogP contribution in [0.1, 0.15) is 37.3 Å². The number of likely N-dealkylation sites (tertiary alicyclic amines) is 1. The van der Waals surface area contributed by atoms with Gasteiger partial charge in [0.25, 0.3) is 0 Å². The minimum absolute atomic E-state index is 0.176. The summed E-state index contributed by atoms with van der Waals surface area (Å²) in [4.78, 5) is 23.8. The summed E-state index contributed by atoms with van der Waals surface area (Å²) in [6.07, 6.45) is 4.47. The number of amides is 1. The molecule has 0 bridgehead atoms. The molecule has 7 heteroatoms. The maximum atomic E-state index is 11.1. The number of aliphatic hydroxyl groups excluding tert-OH is 1. The van der Waals surface area contributed by atoms with E-state index < -0.39 is 6.09 Å². The van der Waals surface area contributed by atoms with Gasteiger partial charge < -0.3 is 20.0 Å². The first-order valence-electron chi connectivity index (χ1n) is 9.27. The van der Waals surface area contributed by atoms with E-state index in [9.17, 15) is 9.90 Å². The number of carbonyl (C=O) groups is 1. The van der Waals surface area contributed by atoms with Gasteiger partial charge >= 0.3 is 6.09 Å². The zero-order valence-corrected chi connectivity index (χ0v) is 14.7. The van der Waals surface area contributed by atoms with Crippen LogP contribution in [-0.2, 0) is 0 Å². The molecule has 1 atom stereocenters. The van der Waals surface area contributed by atoms with Gasteiger partial charge in [-0.25, -0.2) is 14.8 Å². The van der Waals surface area contributed by atoms with Crippen molar-refractivity contribution in [3.63, 3.8) is 0 Å². The Kier molecular flexibility index (Phi) is 4.63. The number of fused-ring (bicyclic) bond motifs is 1. The number of hydrogen-bond acceptors (Lipinski definition) is 5. The molecule has 2 aliphatic rings. The van der Waals surface area contributed by atoms with Crippen molar-refractivity contribution >= 4 is 22.7 Å². The van der Waals surface area contributed by atoms with Crippen LogP contribution in [0.15, 0.2) is 24.5 Å². The largest absolute Gasteiger partial charge is 0.465 e. The molecule has 0 unspecified atom stereocenters. The van der Waals surface area contributed by atoms with E-state index in [0.29, 0.717) is 13.1 Å². The lowest BCUT2D eigenvalue weighted by Gasteiger charge is -2.30. The average molecular weight is 356 g/mol. The Morgan fingerprint density at radius 3 is 2.69 bits per heavy atom. The molecule has 2 aromatic rings. The van der Waals surface area contributed by atoms with Crippen LogP contribution in [0.4, 0.5) is 10.5 Å². The van der Waals surface area contributed by atoms with Gasteiger partial charge in [0.1, 0.15) is 6.33 Å². The van der Waals surface area contributed by atoms with Crippen molar-refractivity contribution in [3.8, 4) is 0 Å². The molecule has 1 aromatic heterocycles. The Bertz CT molecular complexity index is 804. The summed E-state index contributed by atoms with van der Waals surface area (Å²) in [5, 5.41) is 19.7. The van der Waals surface area contributed by atoms with Crippen molar-refractivity contribution in [2.75, 3.05) is 31.1 Å². The monoisotopic (exact) mass is 356 g/mol. The molecule has 2 saturated heterocycles. The summed E-state index contributed by atoms with van der Waals surface area (Å²) in [6, 6.07) is 6.45. The third-order valence-electron chi connectivity index (χ3n) is 5.72. The predicted octanol–water partition coefficient (Wildman–Crippen LogP) is 2.45. The second kappa shape index (κ2) is 7.07. The highest BCUT2D eigenvalue weighted by Crippen LogP contribution is 2.33. The summed E-state index contributed by atoms with van der Waals surface area (Å²) < 4.78 is 0. The van der Waals surface area contributed by atoms with Gasteiger partial charge in [0.05, 0.1) is 23.9 Å². The highest BCUT2D eigenvalue weighted by molar-refractivity contribution is 5.84. The van der Waals surface area contributed by atoms with Crippen molar-refractivity contribution in [1.82, 2.24) is 14.9 Å². The Balaban J connectivity index is 1.60. The number of nitrogens with zero attached hydrogens (tertiary/aromatic N) is 4. The lowest BCUT2D eigenvalue weighted by Crippen LogP contribution is -2.37. The van der Waals surface area contributed by atoms with E-state index in [2.05, 4.69) is 33.1 Å². The highest BCUT2D eigenvalue weighted by atomic mass is 16.4. The average Bonchev–Trinajstić information content (AvgIpc) is 3.16. The second-order valence-corrected chi connectivity index (χ2v) is 7.18. The molecule has 1 aromatic carbocycles. The Labute approximate surface area is 152 Å². The highest BCUT2D eigenvalue weighted by Gasteiger charge is 2.27. The van der Waals surface area contributed by atoms with E-state index in [4.69, 9.17) is 5.11 Å². The number of aliphatic hydroxyl groups is 1. The van der Waals surface area contributed by atoms with Crippen LogP contribution < -0.4 is 4.90 Å². The molecule has 0 aliphatic carbocycles. The number of hydrogen-bond donors (Lipinski definition) is 2. The number of benzene rings is 1. The normalized spacial score (nSPS) is 21.5. The van der Waals surface area contributed by atoms with Crippen LogP contribution in [0.3, 0.4) is 0 Å². The third-order valence-corrected chi connectivity index (χ3v) is 5.72. The first-order chi connectivity index (χ1) is 12.7. The van der Waals surface area contributed by atoms with Crippen molar-refractivity contribution in [2.45, 2.75) is 37.6 Å². The van der Waals surface area contributed by atoms with Gasteiger partial charge in [-0.05, 0) is 43.9 Å². The van der Waals surface area contributed by atoms with E-state index in [1.807, 2.05) is 0 Å². The summed E-state index contributed by atoms with van der Waals surface area (Å²) in [5.74, 6) is 0.263. The standard InChI is InChI=1S/C19H24N4O3/c24-11-15-2-1-7-23(15)14-3-4-16-17(10-14)20-12-21-18(16)13-5-8-22(9-6-13)19(25)26/h3-4,10,12-13,15,24H,1-2,5-9,11H2,(H,25,26)/t15-/m1/s1. The van der Waals surface area contributed by atoms with Gasteiger partial charge in [-0.15, -0.1) is 0 Å². The van der Waals surface area contributed by atoms with Gasteiger partial charge in [-0.1, -0.05) is 0 Å². The molecule has 4 rings (SSSR count). The molecule has 0 spiro atoms. The van der Waals surface area contributed by atoms with Gasteiger partial charge in [0.15, 0.2) is 0 Å². The van der Waals surface area contributed by atoms with Gasteiger partial charge in [-0.3, -0.25) is 0 Å². The molecule has 26 heavy (non-hydrogen) atoms. The lowest BCUT2D eigenvalue weighted by atomic mass is 9.91. The Hall–Kier alpha value is -2.41. The van der Waals surface area contributed by atoms with E-state index in [-0.39, 0.29) is 18.6 Å². The fourth-order valence-corrected chi connectivity index (χ4v) is 4.28. The molecule has 7 nitrogen and oxygen atoms in total. The van der Waals surface area contributed by atoms with Crippen LogP contribution in [0, 0.1) is 0 Å². The lowest BCUT2D eigenvalue weighted by molar-refractivity contribution is 0.132. The minimum atomic E-state index is -0.843. The molecule has 138 valence electrons. The summed E-state index contributed by atoms with van der Waals surface area (Å²) >= 11 is 0. The number of piperidine rings is 1. The predicted molar refractivity (Wildman–Crippen MR) is 98.6 cm³/mol. The van der Waals surface area contributed by atoms with Crippen molar-refractivity contribution in [3.05, 3.63) is 30.2 Å². The zero-order valence-electron chi connectivity index (χ0n) is 14.7. The van der Waals surface area contributed by atoms with Crippen molar-refractivity contribution < 1.29 is 15.0 Å². The van der Waals surface area contributed by atoms with Gasteiger partial charge in [0.2, 0.25) is 0 Å². The van der Waals surface area contributed by atoms with Crippen molar-refractivity contribution in [1.29, 1.82) is 0 Å². The smallest absolute Gasteiger partial charge is 0.407 e. The Morgan fingerprint density at radius 2 is 1.96 bits per heavy atom. The Morgan fingerprint density at radius 1 is 1.15 bits per heavy atom. The number of anilines is 1. The molecule has 2 N–H and O–H groups in total. The van der Waals surface area contributed by atoms with E-state index >= 15 is 0 Å². The quantitative estimate of drug-likeness (QED) is 0.878. The van der Waals surface area contributed by atoms with Crippen LogP contribution >= 0.6 is 0 Å². The molecule has 3 heterocycles. The molecule has 1 amide bonds. The first-order valence-corrected chi connectivity index (χ1v) is 9.27. The molecule has 2 aliphatic heterocycles. The number of rotatable bonds is 3. The van der Waals surface area contributed by atoms with Crippen LogP contribution in [0.2, 0.25) is 0 Å². The summed E-state index contributed by atoms with van der Waals surface area (Å²) in [6.45, 7) is 2.24. The molecular formula is C19H24N4O3. The third kappa shape index (κ3) is 3.07. The topological polar surface area (TPSA) is 89.8 Å². The van der Waals surface area contributed by atoms with Gasteiger partial charge in [0, 0.05) is 36.6 Å². The van der Waals surface area contributed by atoms with E-state index in [1.165, 1.54) is 4.90 Å². The van der Waals surface area contributed by atoms with Crippen LogP contribution in [0.25, 0.3) is 10.9 Å². The zero-order chi connectivity index (χ0) is 18.1. The molecule has 2 fully saturated rings. The van der Waals surface area contributed by atoms with E-state index in [0.717, 1.165) is 54.5 Å². The summed E-state index contributed by atoms with van der Waals surface area (Å²) in [7, 11) is 0. The molecular weight excluding hydrogens is 332 g/mol. The SMILES string of the molecule is O=C(O)N1CCC(c2ncnc3cc(N4CCC[C@@H]4CO)ccc23)CC1. The maximum Gasteiger partial charge on any atom is 0.407 e. The second-order valence-electron chi connectivity index (χ2n) is 7.18. The molecule has 0 radical (unpaired) electrons. The molecule has 0 saturated carbocycles. The first kappa shape index (κ1) is 17.0. The van der Waals surface area contributed by atoms with E-state index in [1.54, 1.807) is 6.33 Å². The maximum absolute atomic E-state index is 11.1. The van der Waals surface area contributed by atoms with Crippen LogP contribution in [-0.4, -0.2) is 63.5 Å².